The number of esters is 1. The molecule has 5 heterocycles. The number of non-ortho nitro benzene ring substituents is 1. The van der Waals surface area contributed by atoms with Gasteiger partial charge in [-0.2, -0.15) is 0 Å². The molecule has 13 heteroatoms. The van der Waals surface area contributed by atoms with Crippen molar-refractivity contribution in [1.82, 2.24) is 14.7 Å². The standard InChI is InChI=1S/C27H26N4O8S/c1-4-28-22(32)16-18(24(28)34)27(26(36)39-3)19-17(23(33)29(5-2)25(19)35)21(15-7-6-12-40-15)30(27)20(16)13-8-10-14(11-9-13)31(37)38/h6-12,16-21H,4-5H2,1-3H3/t16-,17-,18-,19-,20-,21-,27+/m1/s1. The second kappa shape index (κ2) is 9.03. The van der Waals surface area contributed by atoms with E-state index in [4.69, 9.17) is 4.74 Å². The second-order valence-corrected chi connectivity index (χ2v) is 11.3. The van der Waals surface area contributed by atoms with E-state index in [1.165, 1.54) is 35.6 Å². The van der Waals surface area contributed by atoms with Gasteiger partial charge in [0.25, 0.3) is 5.69 Å². The van der Waals surface area contributed by atoms with Crippen molar-refractivity contribution in [1.29, 1.82) is 0 Å². The number of benzene rings is 1. The molecule has 0 aliphatic carbocycles. The fourth-order valence-corrected chi connectivity index (χ4v) is 8.51. The van der Waals surface area contributed by atoms with Crippen molar-refractivity contribution in [3.63, 3.8) is 0 Å². The van der Waals surface area contributed by atoms with Gasteiger partial charge in [0, 0.05) is 36.1 Å². The van der Waals surface area contributed by atoms with Crippen molar-refractivity contribution in [3.8, 4) is 0 Å². The number of rotatable bonds is 6. The predicted molar refractivity (Wildman–Crippen MR) is 138 cm³/mol. The minimum absolute atomic E-state index is 0.0608. The van der Waals surface area contributed by atoms with Crippen molar-refractivity contribution in [2.24, 2.45) is 23.7 Å². The lowest BCUT2D eigenvalue weighted by atomic mass is 9.69. The first-order valence-electron chi connectivity index (χ1n) is 13.0. The third kappa shape index (κ3) is 3.01. The molecule has 0 bridgehead atoms. The Hall–Kier alpha value is -3.97. The molecule has 4 amide bonds. The lowest BCUT2D eigenvalue weighted by molar-refractivity contribution is -0.384. The molecule has 0 radical (unpaired) electrons. The van der Waals surface area contributed by atoms with Gasteiger partial charge in [0.2, 0.25) is 23.6 Å². The Morgan fingerprint density at radius 2 is 1.48 bits per heavy atom. The third-order valence-electron chi connectivity index (χ3n) is 8.96. The van der Waals surface area contributed by atoms with Crippen LogP contribution in [0.5, 0.6) is 0 Å². The van der Waals surface area contributed by atoms with Crippen LogP contribution in [0.25, 0.3) is 0 Å². The molecule has 208 valence electrons. The van der Waals surface area contributed by atoms with Crippen LogP contribution in [0.2, 0.25) is 0 Å². The largest absolute Gasteiger partial charge is 0.468 e. The van der Waals surface area contributed by atoms with E-state index in [9.17, 15) is 34.1 Å². The molecule has 0 spiro atoms. The number of thiophene rings is 1. The summed E-state index contributed by atoms with van der Waals surface area (Å²) in [4.78, 5) is 85.3. The van der Waals surface area contributed by atoms with Crippen molar-refractivity contribution in [2.45, 2.75) is 31.5 Å². The number of hydrogen-bond donors (Lipinski definition) is 0. The minimum atomic E-state index is -1.95. The Morgan fingerprint density at radius 3 is 1.93 bits per heavy atom. The summed E-state index contributed by atoms with van der Waals surface area (Å²) in [5.74, 6) is -7.61. The second-order valence-electron chi connectivity index (χ2n) is 10.3. The number of nitrogens with zero attached hydrogens (tertiary/aromatic N) is 4. The van der Waals surface area contributed by atoms with Gasteiger partial charge in [-0.3, -0.25) is 44.0 Å². The van der Waals surface area contributed by atoms with Gasteiger partial charge in [-0.05, 0) is 30.9 Å². The van der Waals surface area contributed by atoms with Crippen LogP contribution in [-0.4, -0.2) is 75.0 Å². The molecular weight excluding hydrogens is 540 g/mol. The summed E-state index contributed by atoms with van der Waals surface area (Å²) in [7, 11) is 1.16. The van der Waals surface area contributed by atoms with E-state index < -0.39 is 75.8 Å². The highest BCUT2D eigenvalue weighted by Crippen LogP contribution is 2.69. The highest BCUT2D eigenvalue weighted by molar-refractivity contribution is 7.10. The van der Waals surface area contributed by atoms with Gasteiger partial charge in [-0.25, -0.2) is 4.79 Å². The number of likely N-dealkylation sites (tertiary alicyclic amines) is 2. The summed E-state index contributed by atoms with van der Waals surface area (Å²) in [6.07, 6.45) is 0. The maximum absolute atomic E-state index is 14.1. The van der Waals surface area contributed by atoms with E-state index >= 15 is 0 Å². The Bertz CT molecular complexity index is 1460. The number of amides is 4. The molecule has 4 saturated heterocycles. The van der Waals surface area contributed by atoms with E-state index in [1.807, 2.05) is 5.38 Å². The van der Waals surface area contributed by atoms with Crippen LogP contribution in [0.4, 0.5) is 5.69 Å². The molecule has 4 fully saturated rings. The summed E-state index contributed by atoms with van der Waals surface area (Å²) < 4.78 is 5.33. The number of nitro groups is 1. The van der Waals surface area contributed by atoms with Crippen LogP contribution in [0.15, 0.2) is 41.8 Å². The van der Waals surface area contributed by atoms with Crippen LogP contribution in [0.3, 0.4) is 0 Å². The van der Waals surface area contributed by atoms with E-state index in [0.29, 0.717) is 10.4 Å². The predicted octanol–water partition coefficient (Wildman–Crippen LogP) is 1.92. The first-order valence-corrected chi connectivity index (χ1v) is 13.9. The number of fused-ring (bicyclic) bond motifs is 5. The fraction of sp³-hybridized carbons (Fsp3) is 0.444. The zero-order chi connectivity index (χ0) is 28.7. The van der Waals surface area contributed by atoms with Crippen molar-refractivity contribution in [3.05, 3.63) is 62.3 Å². The molecule has 1 aromatic carbocycles. The molecule has 12 nitrogen and oxygen atoms in total. The molecule has 2 aromatic rings. The molecule has 7 atom stereocenters. The lowest BCUT2D eigenvalue weighted by Gasteiger charge is -2.41. The van der Waals surface area contributed by atoms with Gasteiger partial charge in [0.05, 0.1) is 41.7 Å². The van der Waals surface area contributed by atoms with Crippen LogP contribution in [-0.2, 0) is 28.7 Å². The van der Waals surface area contributed by atoms with Gasteiger partial charge >= 0.3 is 5.97 Å². The average Bonchev–Trinajstić information content (AvgIpc) is 3.72. The zero-order valence-corrected chi connectivity index (χ0v) is 22.7. The van der Waals surface area contributed by atoms with E-state index in [0.717, 1.165) is 16.9 Å². The fourth-order valence-electron chi connectivity index (χ4n) is 7.64. The summed E-state index contributed by atoms with van der Waals surface area (Å²) in [6.45, 7) is 3.47. The van der Waals surface area contributed by atoms with Crippen molar-refractivity contribution < 1.29 is 33.6 Å². The Kier molecular flexibility index (Phi) is 5.93. The van der Waals surface area contributed by atoms with Gasteiger partial charge in [0.15, 0.2) is 0 Å². The highest BCUT2D eigenvalue weighted by atomic mass is 32.1. The number of carbonyl (C=O) groups excluding carboxylic acids is 5. The van der Waals surface area contributed by atoms with Crippen molar-refractivity contribution in [2.75, 3.05) is 20.2 Å². The normalized spacial score (nSPS) is 33.0. The van der Waals surface area contributed by atoms with Gasteiger partial charge in [-0.1, -0.05) is 18.2 Å². The topological polar surface area (TPSA) is 147 Å². The number of methoxy groups -OCH3 is 1. The van der Waals surface area contributed by atoms with Crippen LogP contribution in [0.1, 0.15) is 36.4 Å². The molecule has 4 aliphatic rings. The number of ether oxygens (including phenoxy) is 1. The van der Waals surface area contributed by atoms with Gasteiger partial charge in [-0.15, -0.1) is 11.3 Å². The number of hydrogen-bond acceptors (Lipinski definition) is 10. The third-order valence-corrected chi connectivity index (χ3v) is 9.91. The summed E-state index contributed by atoms with van der Waals surface area (Å²) in [5.41, 5.74) is -1.66. The molecule has 0 N–H and O–H groups in total. The molecule has 1 aromatic heterocycles. The maximum atomic E-state index is 14.1. The molecule has 40 heavy (non-hydrogen) atoms. The molecule has 6 rings (SSSR count). The highest BCUT2D eigenvalue weighted by Gasteiger charge is 2.84. The van der Waals surface area contributed by atoms with Crippen LogP contribution >= 0.6 is 11.3 Å². The monoisotopic (exact) mass is 566 g/mol. The lowest BCUT2D eigenvalue weighted by Crippen LogP contribution is -2.60. The van der Waals surface area contributed by atoms with Gasteiger partial charge in [0.1, 0.15) is 5.54 Å². The summed E-state index contributed by atoms with van der Waals surface area (Å²) >= 11 is 1.34. The van der Waals surface area contributed by atoms with E-state index in [1.54, 1.807) is 30.9 Å². The molecule has 0 unspecified atom stereocenters. The summed E-state index contributed by atoms with van der Waals surface area (Å²) in [5, 5.41) is 13.2. The Balaban J connectivity index is 1.68. The SMILES string of the molecule is CCN1C(=O)[C@H]2[C@@H](c3ccc([N+](=O)[O-])cc3)N3[C@H](c4cccs4)[C@@H]4C(=O)N(CC)C(=O)[C@@H]4[C@]3(C(=O)OC)[C@H]2C1=O. The van der Waals surface area contributed by atoms with Crippen LogP contribution in [0, 0.1) is 33.8 Å². The average molecular weight is 567 g/mol. The zero-order valence-electron chi connectivity index (χ0n) is 21.9. The number of carbonyl (C=O) groups is 5. The Morgan fingerprint density at radius 1 is 0.925 bits per heavy atom. The Labute approximate surface area is 232 Å². The first kappa shape index (κ1) is 26.3. The minimum Gasteiger partial charge on any atom is -0.468 e. The van der Waals surface area contributed by atoms with E-state index in [2.05, 4.69) is 0 Å². The van der Waals surface area contributed by atoms with Gasteiger partial charge < -0.3 is 4.74 Å². The number of imide groups is 2. The first-order chi connectivity index (χ1) is 19.2. The quantitative estimate of drug-likeness (QED) is 0.221. The van der Waals surface area contributed by atoms with E-state index in [-0.39, 0.29) is 18.8 Å². The maximum Gasteiger partial charge on any atom is 0.328 e. The smallest absolute Gasteiger partial charge is 0.328 e. The summed E-state index contributed by atoms with van der Waals surface area (Å²) in [6, 6.07) is 7.43. The number of nitro benzene ring substituents is 1. The molecule has 0 saturated carbocycles. The van der Waals surface area contributed by atoms with Crippen molar-refractivity contribution >= 4 is 46.6 Å². The van der Waals surface area contributed by atoms with Crippen LogP contribution < -0.4 is 0 Å². The molecule has 4 aliphatic heterocycles. The molecular formula is C27H26N4O8S.